The first-order valence-electron chi connectivity index (χ1n) is 5.72. The van der Waals surface area contributed by atoms with Gasteiger partial charge in [0.05, 0.1) is 11.3 Å². The third-order valence-corrected chi connectivity index (χ3v) is 2.98. The minimum Gasteiger partial charge on any atom is -0.321 e. The number of hydrogen-bond acceptors (Lipinski definition) is 3. The maximum atomic E-state index is 12.0. The predicted molar refractivity (Wildman–Crippen MR) is 76.3 cm³/mol. The fraction of sp³-hybridized carbons (Fsp3) is 0.154. The largest absolute Gasteiger partial charge is 0.321 e. The van der Waals surface area contributed by atoms with Gasteiger partial charge in [-0.25, -0.2) is 0 Å². The van der Waals surface area contributed by atoms with E-state index in [1.54, 1.807) is 24.5 Å². The summed E-state index contributed by atoms with van der Waals surface area (Å²) < 4.78 is 2.26. The van der Waals surface area contributed by atoms with E-state index in [1.807, 2.05) is 6.92 Å². The van der Waals surface area contributed by atoms with Crippen LogP contribution in [0.1, 0.15) is 17.3 Å². The van der Waals surface area contributed by atoms with E-state index in [2.05, 4.69) is 26.2 Å². The number of carbonyl (C=O) groups is 1. The van der Waals surface area contributed by atoms with E-state index >= 15 is 0 Å². The minimum atomic E-state index is -0.268. The molecule has 0 aromatic carbocycles. The summed E-state index contributed by atoms with van der Waals surface area (Å²) in [7, 11) is 0. The van der Waals surface area contributed by atoms with Gasteiger partial charge in [0.2, 0.25) is 0 Å². The number of aryl methyl sites for hydroxylation is 1. The van der Waals surface area contributed by atoms with E-state index in [0.29, 0.717) is 17.8 Å². The van der Waals surface area contributed by atoms with E-state index < -0.39 is 0 Å². The van der Waals surface area contributed by atoms with Crippen LogP contribution in [0.4, 0.5) is 5.69 Å². The lowest BCUT2D eigenvalue weighted by Gasteiger charge is -2.07. The Morgan fingerprint density at radius 2 is 2.21 bits per heavy atom. The Balaban J connectivity index is 2.22. The van der Waals surface area contributed by atoms with Gasteiger partial charge in [0.15, 0.2) is 0 Å². The molecule has 1 N–H and O–H groups in total. The number of anilines is 1. The topological polar surface area (TPSA) is 64.0 Å². The third kappa shape index (κ3) is 3.29. The molecule has 0 saturated heterocycles. The van der Waals surface area contributed by atoms with Gasteiger partial charge in [-0.15, -0.1) is 0 Å². The normalized spacial score (nSPS) is 10.2. The highest BCUT2D eigenvalue weighted by molar-refractivity contribution is 9.10. The summed E-state index contributed by atoms with van der Waals surface area (Å²) in [6.45, 7) is 2.42. The van der Waals surface area contributed by atoms with Crippen LogP contribution in [0.2, 0.25) is 0 Å². The molecule has 0 unspecified atom stereocenters. The zero-order valence-corrected chi connectivity index (χ0v) is 11.8. The maximum Gasteiger partial charge on any atom is 0.257 e. The van der Waals surface area contributed by atoms with Crippen molar-refractivity contribution < 1.29 is 4.79 Å². The van der Waals surface area contributed by atoms with Crippen molar-refractivity contribution >= 4 is 27.5 Å². The number of pyridine rings is 2. The molecule has 0 bridgehead atoms. The summed E-state index contributed by atoms with van der Waals surface area (Å²) in [5, 5.41) is 2.73. The standard InChI is InChI=1S/C13H12BrN3O2/c1-2-17-8-11(3-4-12(17)18)16-13(19)9-5-10(14)7-15-6-9/h3-8H,2H2,1H3,(H,16,19). The van der Waals surface area contributed by atoms with Crippen LogP contribution in [0.15, 0.2) is 46.1 Å². The lowest BCUT2D eigenvalue weighted by molar-refractivity contribution is 0.102. The molecule has 6 heteroatoms. The molecule has 1 amide bonds. The molecule has 2 aromatic heterocycles. The molecule has 98 valence electrons. The Bertz CT molecular complexity index is 667. The molecule has 0 radical (unpaired) electrons. The van der Waals surface area contributed by atoms with E-state index in [1.165, 1.54) is 16.8 Å². The number of halogens is 1. The highest BCUT2D eigenvalue weighted by Crippen LogP contribution is 2.12. The molecule has 0 fully saturated rings. The number of carbonyl (C=O) groups excluding carboxylic acids is 1. The number of nitrogens with one attached hydrogen (secondary N) is 1. The number of hydrogen-bond donors (Lipinski definition) is 1. The second-order valence-electron chi connectivity index (χ2n) is 3.89. The van der Waals surface area contributed by atoms with Gasteiger partial charge in [0.25, 0.3) is 11.5 Å². The molecule has 0 atom stereocenters. The first-order chi connectivity index (χ1) is 9.10. The van der Waals surface area contributed by atoms with Gasteiger partial charge in [-0.2, -0.15) is 0 Å². The molecule has 2 heterocycles. The predicted octanol–water partition coefficient (Wildman–Crippen LogP) is 2.28. The van der Waals surface area contributed by atoms with Crippen molar-refractivity contribution in [3.05, 3.63) is 57.2 Å². The number of amides is 1. The summed E-state index contributed by atoms with van der Waals surface area (Å²) in [5.74, 6) is -0.268. The molecule has 19 heavy (non-hydrogen) atoms. The Morgan fingerprint density at radius 3 is 2.89 bits per heavy atom. The van der Waals surface area contributed by atoms with Crippen molar-refractivity contribution in [2.45, 2.75) is 13.5 Å². The Labute approximate surface area is 118 Å². The zero-order valence-electron chi connectivity index (χ0n) is 10.3. The third-order valence-electron chi connectivity index (χ3n) is 2.55. The van der Waals surface area contributed by atoms with Gasteiger partial charge >= 0.3 is 0 Å². The average Bonchev–Trinajstić information content (AvgIpc) is 2.41. The monoisotopic (exact) mass is 321 g/mol. The summed E-state index contributed by atoms with van der Waals surface area (Å²) in [4.78, 5) is 27.4. The fourth-order valence-corrected chi connectivity index (χ4v) is 1.96. The highest BCUT2D eigenvalue weighted by atomic mass is 79.9. The average molecular weight is 322 g/mol. The van der Waals surface area contributed by atoms with Gasteiger partial charge in [-0.3, -0.25) is 14.6 Å². The lowest BCUT2D eigenvalue weighted by Crippen LogP contribution is -2.19. The molecular weight excluding hydrogens is 310 g/mol. The first-order valence-corrected chi connectivity index (χ1v) is 6.52. The van der Waals surface area contributed by atoms with Crippen LogP contribution < -0.4 is 10.9 Å². The molecule has 0 aliphatic heterocycles. The van der Waals surface area contributed by atoms with Crippen LogP contribution >= 0.6 is 15.9 Å². The van der Waals surface area contributed by atoms with Crippen LogP contribution in [0.5, 0.6) is 0 Å². The van der Waals surface area contributed by atoms with Crippen molar-refractivity contribution in [2.75, 3.05) is 5.32 Å². The van der Waals surface area contributed by atoms with Gasteiger partial charge < -0.3 is 9.88 Å². The fourth-order valence-electron chi connectivity index (χ4n) is 1.59. The number of nitrogens with zero attached hydrogens (tertiary/aromatic N) is 2. The summed E-state index contributed by atoms with van der Waals surface area (Å²) >= 11 is 3.26. The quantitative estimate of drug-likeness (QED) is 0.943. The molecule has 0 aliphatic carbocycles. The summed E-state index contributed by atoms with van der Waals surface area (Å²) in [5.41, 5.74) is 0.930. The summed E-state index contributed by atoms with van der Waals surface area (Å²) in [6.07, 6.45) is 4.70. The van der Waals surface area contributed by atoms with Crippen LogP contribution in [-0.4, -0.2) is 15.5 Å². The molecule has 2 aromatic rings. The SMILES string of the molecule is CCn1cc(NC(=O)c2cncc(Br)c2)ccc1=O. The molecular formula is C13H12BrN3O2. The van der Waals surface area contributed by atoms with E-state index in [0.717, 1.165) is 4.47 Å². The molecule has 0 spiro atoms. The first kappa shape index (κ1) is 13.5. The molecule has 0 aliphatic rings. The molecule has 2 rings (SSSR count). The Hall–Kier alpha value is -1.95. The van der Waals surface area contributed by atoms with Gasteiger partial charge in [0, 0.05) is 35.7 Å². The molecule has 0 saturated carbocycles. The van der Waals surface area contributed by atoms with Crippen molar-refractivity contribution in [1.29, 1.82) is 0 Å². The van der Waals surface area contributed by atoms with Crippen molar-refractivity contribution in [2.24, 2.45) is 0 Å². The Kier molecular flexibility index (Phi) is 4.11. The second-order valence-corrected chi connectivity index (χ2v) is 4.80. The minimum absolute atomic E-state index is 0.0929. The Morgan fingerprint density at radius 1 is 1.42 bits per heavy atom. The zero-order chi connectivity index (χ0) is 13.8. The maximum absolute atomic E-state index is 12.0. The highest BCUT2D eigenvalue weighted by Gasteiger charge is 2.07. The molecule has 5 nitrogen and oxygen atoms in total. The van der Waals surface area contributed by atoms with E-state index in [-0.39, 0.29) is 11.5 Å². The van der Waals surface area contributed by atoms with Crippen LogP contribution in [0.25, 0.3) is 0 Å². The van der Waals surface area contributed by atoms with Crippen molar-refractivity contribution in [3.63, 3.8) is 0 Å². The van der Waals surface area contributed by atoms with Gasteiger partial charge in [-0.05, 0) is 35.0 Å². The van der Waals surface area contributed by atoms with E-state index in [9.17, 15) is 9.59 Å². The van der Waals surface area contributed by atoms with Crippen LogP contribution in [-0.2, 0) is 6.54 Å². The van der Waals surface area contributed by atoms with Crippen molar-refractivity contribution in [1.82, 2.24) is 9.55 Å². The number of rotatable bonds is 3. The number of aromatic nitrogens is 2. The lowest BCUT2D eigenvalue weighted by atomic mass is 10.2. The van der Waals surface area contributed by atoms with Gasteiger partial charge in [0.1, 0.15) is 0 Å². The van der Waals surface area contributed by atoms with Crippen molar-refractivity contribution in [3.8, 4) is 0 Å². The van der Waals surface area contributed by atoms with E-state index in [4.69, 9.17) is 0 Å². The smallest absolute Gasteiger partial charge is 0.257 e. The second kappa shape index (κ2) is 5.79. The summed E-state index contributed by atoms with van der Waals surface area (Å²) in [6, 6.07) is 4.69. The van der Waals surface area contributed by atoms with Crippen LogP contribution in [0, 0.1) is 0 Å². The van der Waals surface area contributed by atoms with Gasteiger partial charge in [-0.1, -0.05) is 0 Å². The van der Waals surface area contributed by atoms with Crippen LogP contribution in [0.3, 0.4) is 0 Å².